The standard InChI is InChI=1S/C33H33N5O2/c1-22-19-23(2)35-30(20-22)34-17-18-37(4)27-15-13-26(14-16-27)36-33(40)32(39)31-29(25-10-6-5-7-11-25)21-28-12-8-9-24(3)38(28)31/h5-16,19-21H,17-18H2,1-4H3,(H,34,35)(H,36,40). The highest BCUT2D eigenvalue weighted by atomic mass is 16.2. The Labute approximate surface area is 234 Å². The Bertz CT molecular complexity index is 1650. The van der Waals surface area contributed by atoms with Crippen molar-refractivity contribution in [2.24, 2.45) is 0 Å². The number of rotatable bonds is 9. The number of aromatic nitrogens is 2. The van der Waals surface area contributed by atoms with Gasteiger partial charge in [0.05, 0.1) is 0 Å². The van der Waals surface area contributed by atoms with Gasteiger partial charge in [-0.1, -0.05) is 36.4 Å². The second-order valence-corrected chi connectivity index (χ2v) is 10.0. The fourth-order valence-corrected chi connectivity index (χ4v) is 4.96. The highest BCUT2D eigenvalue weighted by Gasteiger charge is 2.25. The number of benzene rings is 2. The summed E-state index contributed by atoms with van der Waals surface area (Å²) in [7, 11) is 2.01. The van der Waals surface area contributed by atoms with Gasteiger partial charge >= 0.3 is 0 Å². The molecule has 0 fully saturated rings. The van der Waals surface area contributed by atoms with Crippen molar-refractivity contribution in [3.05, 3.63) is 114 Å². The summed E-state index contributed by atoms with van der Waals surface area (Å²) in [5.41, 5.74) is 7.45. The molecule has 3 aromatic heterocycles. The minimum atomic E-state index is -0.674. The van der Waals surface area contributed by atoms with Crippen molar-refractivity contribution < 1.29 is 9.59 Å². The SMILES string of the molecule is Cc1cc(C)nc(NCCN(C)c2ccc(NC(=O)C(=O)c3c(-c4ccccc4)cc4cccc(C)n34)cc2)c1. The van der Waals surface area contributed by atoms with Gasteiger partial charge in [-0.2, -0.15) is 0 Å². The van der Waals surface area contributed by atoms with Crippen LogP contribution in [0.4, 0.5) is 17.2 Å². The first-order valence-corrected chi connectivity index (χ1v) is 13.3. The molecule has 0 radical (unpaired) electrons. The highest BCUT2D eigenvalue weighted by Crippen LogP contribution is 2.29. The van der Waals surface area contributed by atoms with Crippen LogP contribution in [0.3, 0.4) is 0 Å². The maximum atomic E-state index is 13.6. The molecule has 0 aliphatic heterocycles. The van der Waals surface area contributed by atoms with Crippen molar-refractivity contribution in [3.63, 3.8) is 0 Å². The summed E-state index contributed by atoms with van der Waals surface area (Å²) in [4.78, 5) is 33.4. The molecular formula is C33H33N5O2. The Morgan fingerprint density at radius 3 is 2.35 bits per heavy atom. The summed E-state index contributed by atoms with van der Waals surface area (Å²) in [6.45, 7) is 7.47. The molecule has 0 bridgehead atoms. The molecule has 0 aliphatic carbocycles. The van der Waals surface area contributed by atoms with Crippen molar-refractivity contribution in [1.82, 2.24) is 9.38 Å². The summed E-state index contributed by atoms with van der Waals surface area (Å²) in [6, 6.07) is 29.0. The van der Waals surface area contributed by atoms with E-state index in [0.29, 0.717) is 11.4 Å². The average molecular weight is 532 g/mol. The summed E-state index contributed by atoms with van der Waals surface area (Å²) >= 11 is 0. The van der Waals surface area contributed by atoms with Crippen molar-refractivity contribution >= 4 is 34.4 Å². The summed E-state index contributed by atoms with van der Waals surface area (Å²) < 4.78 is 1.85. The first-order chi connectivity index (χ1) is 19.3. The summed E-state index contributed by atoms with van der Waals surface area (Å²) in [5, 5.41) is 6.17. The third kappa shape index (κ3) is 5.73. The Kier molecular flexibility index (Phi) is 7.64. The van der Waals surface area contributed by atoms with Crippen LogP contribution in [0.15, 0.2) is 91.0 Å². The predicted octanol–water partition coefficient (Wildman–Crippen LogP) is 6.30. The van der Waals surface area contributed by atoms with Gasteiger partial charge < -0.3 is 19.9 Å². The predicted molar refractivity (Wildman–Crippen MR) is 162 cm³/mol. The Hall–Kier alpha value is -4.91. The van der Waals surface area contributed by atoms with Gasteiger partial charge in [-0.05, 0) is 86.5 Å². The van der Waals surface area contributed by atoms with Gasteiger partial charge in [0.15, 0.2) is 0 Å². The molecule has 0 saturated carbocycles. The number of carbonyl (C=O) groups is 2. The lowest BCUT2D eigenvalue weighted by Crippen LogP contribution is -2.26. The quantitative estimate of drug-likeness (QED) is 0.172. The van der Waals surface area contributed by atoms with Gasteiger partial charge in [-0.3, -0.25) is 9.59 Å². The number of hydrogen-bond donors (Lipinski definition) is 2. The number of nitrogens with one attached hydrogen (secondary N) is 2. The number of aryl methyl sites for hydroxylation is 3. The third-order valence-electron chi connectivity index (χ3n) is 6.91. The molecule has 7 nitrogen and oxygen atoms in total. The molecule has 0 saturated heterocycles. The second kappa shape index (κ2) is 11.5. The van der Waals surface area contributed by atoms with E-state index < -0.39 is 11.7 Å². The third-order valence-corrected chi connectivity index (χ3v) is 6.91. The molecule has 5 rings (SSSR count). The highest BCUT2D eigenvalue weighted by molar-refractivity contribution is 6.47. The van der Waals surface area contributed by atoms with E-state index in [-0.39, 0.29) is 0 Å². The van der Waals surface area contributed by atoms with Crippen molar-refractivity contribution in [2.45, 2.75) is 20.8 Å². The van der Waals surface area contributed by atoms with Crippen LogP contribution in [-0.4, -0.2) is 41.2 Å². The first kappa shape index (κ1) is 26.7. The number of carbonyl (C=O) groups excluding carboxylic acids is 2. The van der Waals surface area contributed by atoms with E-state index in [9.17, 15) is 9.59 Å². The number of fused-ring (bicyclic) bond motifs is 1. The molecule has 202 valence electrons. The fourth-order valence-electron chi connectivity index (χ4n) is 4.96. The van der Waals surface area contributed by atoms with Crippen LogP contribution in [0.5, 0.6) is 0 Å². The lowest BCUT2D eigenvalue weighted by Gasteiger charge is -2.20. The van der Waals surface area contributed by atoms with Crippen LogP contribution in [0.25, 0.3) is 16.6 Å². The number of amides is 1. The molecule has 5 aromatic rings. The van der Waals surface area contributed by atoms with Crippen LogP contribution in [0.1, 0.15) is 27.4 Å². The number of pyridine rings is 2. The molecule has 1 amide bonds. The molecule has 0 spiro atoms. The van der Waals surface area contributed by atoms with E-state index in [1.54, 1.807) is 0 Å². The van der Waals surface area contributed by atoms with Gasteiger partial charge in [0.1, 0.15) is 11.5 Å². The monoisotopic (exact) mass is 531 g/mol. The van der Waals surface area contributed by atoms with Crippen molar-refractivity contribution in [3.8, 4) is 11.1 Å². The summed E-state index contributed by atoms with van der Waals surface area (Å²) in [5.74, 6) is -0.387. The van der Waals surface area contributed by atoms with Gasteiger partial charge in [-0.15, -0.1) is 0 Å². The zero-order valence-electron chi connectivity index (χ0n) is 23.2. The minimum absolute atomic E-state index is 0.360. The van der Waals surface area contributed by atoms with Gasteiger partial charge in [0.2, 0.25) is 0 Å². The zero-order chi connectivity index (χ0) is 28.2. The minimum Gasteiger partial charge on any atom is -0.373 e. The molecule has 0 aliphatic rings. The van der Waals surface area contributed by atoms with E-state index in [1.165, 1.54) is 5.56 Å². The first-order valence-electron chi connectivity index (χ1n) is 13.3. The van der Waals surface area contributed by atoms with E-state index in [1.807, 2.05) is 110 Å². The number of nitrogens with zero attached hydrogens (tertiary/aromatic N) is 3. The number of likely N-dealkylation sites (N-methyl/N-ethyl adjacent to an activating group) is 1. The molecule has 2 N–H and O–H groups in total. The summed E-state index contributed by atoms with van der Waals surface area (Å²) in [6.07, 6.45) is 0. The maximum absolute atomic E-state index is 13.6. The van der Waals surface area contributed by atoms with Gasteiger partial charge in [0.25, 0.3) is 11.7 Å². The number of ketones is 1. The average Bonchev–Trinajstić information content (AvgIpc) is 3.34. The molecule has 0 atom stereocenters. The fraction of sp³-hybridized carbons (Fsp3) is 0.182. The molecular weight excluding hydrogens is 498 g/mol. The second-order valence-electron chi connectivity index (χ2n) is 10.0. The lowest BCUT2D eigenvalue weighted by atomic mass is 10.0. The molecule has 40 heavy (non-hydrogen) atoms. The van der Waals surface area contributed by atoms with Crippen molar-refractivity contribution in [1.29, 1.82) is 0 Å². The molecule has 2 aromatic carbocycles. The lowest BCUT2D eigenvalue weighted by molar-refractivity contribution is -0.112. The Morgan fingerprint density at radius 1 is 0.875 bits per heavy atom. The van der Waals surface area contributed by atoms with Crippen molar-refractivity contribution in [2.75, 3.05) is 35.7 Å². The van der Waals surface area contributed by atoms with E-state index >= 15 is 0 Å². The van der Waals surface area contributed by atoms with Crippen LogP contribution < -0.4 is 15.5 Å². The molecule has 7 heteroatoms. The van der Waals surface area contributed by atoms with E-state index in [0.717, 1.165) is 52.6 Å². The largest absolute Gasteiger partial charge is 0.373 e. The maximum Gasteiger partial charge on any atom is 0.298 e. The molecule has 0 unspecified atom stereocenters. The van der Waals surface area contributed by atoms with E-state index in [2.05, 4.69) is 33.5 Å². The topological polar surface area (TPSA) is 78.7 Å². The number of Topliss-reactive ketones (excluding diaryl/α,β-unsaturated/α-hetero) is 1. The molecule has 3 heterocycles. The van der Waals surface area contributed by atoms with Gasteiger partial charge in [0, 0.05) is 54.0 Å². The van der Waals surface area contributed by atoms with E-state index in [4.69, 9.17) is 0 Å². The van der Waals surface area contributed by atoms with Crippen LogP contribution in [0, 0.1) is 20.8 Å². The van der Waals surface area contributed by atoms with Crippen LogP contribution in [-0.2, 0) is 4.79 Å². The normalized spacial score (nSPS) is 10.9. The Morgan fingerprint density at radius 2 is 1.62 bits per heavy atom. The van der Waals surface area contributed by atoms with Gasteiger partial charge in [-0.25, -0.2) is 4.98 Å². The van der Waals surface area contributed by atoms with Crippen LogP contribution >= 0.6 is 0 Å². The number of anilines is 3. The smallest absolute Gasteiger partial charge is 0.298 e. The van der Waals surface area contributed by atoms with Crippen LogP contribution in [0.2, 0.25) is 0 Å². The number of hydrogen-bond acceptors (Lipinski definition) is 5. The Balaban J connectivity index is 1.28. The zero-order valence-corrected chi connectivity index (χ0v) is 23.2.